The van der Waals surface area contributed by atoms with E-state index in [0.717, 1.165) is 16.3 Å². The fourth-order valence-corrected chi connectivity index (χ4v) is 1.01. The molecule has 0 aliphatic rings. The molecule has 0 bridgehead atoms. The molecule has 1 aromatic heterocycles. The van der Waals surface area contributed by atoms with Crippen LogP contribution in [0.1, 0.15) is 12.6 Å². The third-order valence-electron chi connectivity index (χ3n) is 1.52. The molecule has 11 heavy (non-hydrogen) atoms. The third-order valence-corrected chi connectivity index (χ3v) is 1.52. The molecule has 0 aliphatic carbocycles. The monoisotopic (exact) mass is 147 g/mol. The normalized spacial score (nSPS) is 13.1. The lowest BCUT2D eigenvalue weighted by atomic mass is 10.4. The first kappa shape index (κ1) is 7.86. The number of aromatic nitrogens is 1. The Labute approximate surface area is 66.8 Å². The second-order valence-electron chi connectivity index (χ2n) is 2.58. The van der Waals surface area contributed by atoms with Crippen molar-refractivity contribution >= 4 is 12.7 Å². The molecular weight excluding hydrogens is 134 g/mol. The van der Waals surface area contributed by atoms with Gasteiger partial charge in [0.1, 0.15) is 0 Å². The van der Waals surface area contributed by atoms with Crippen LogP contribution in [0.15, 0.2) is 18.2 Å². The number of aromatic amines is 1. The summed E-state index contributed by atoms with van der Waals surface area (Å²) in [5.41, 5.74) is 1.16. The van der Waals surface area contributed by atoms with Gasteiger partial charge in [0, 0.05) is 11.0 Å². The molecule has 0 saturated heterocycles. The van der Waals surface area contributed by atoms with Gasteiger partial charge in [0.05, 0.1) is 0 Å². The lowest BCUT2D eigenvalue weighted by Crippen LogP contribution is -2.19. The zero-order valence-corrected chi connectivity index (χ0v) is 7.02. The Morgan fingerprint density at radius 2 is 2.27 bits per heavy atom. The van der Waals surface area contributed by atoms with Gasteiger partial charge in [-0.05, 0) is 31.2 Å². The summed E-state index contributed by atoms with van der Waals surface area (Å²) in [6.45, 7) is 7.92. The molecule has 0 aromatic carbocycles. The fourth-order valence-electron chi connectivity index (χ4n) is 1.01. The summed E-state index contributed by atoms with van der Waals surface area (Å²) in [4.78, 5) is 3.21. The maximum absolute atomic E-state index is 3.90. The van der Waals surface area contributed by atoms with Gasteiger partial charge in [0.2, 0.25) is 0 Å². The first-order valence-electron chi connectivity index (χ1n) is 3.71. The predicted molar refractivity (Wildman–Crippen MR) is 49.6 cm³/mol. The van der Waals surface area contributed by atoms with Crippen molar-refractivity contribution in [1.29, 1.82) is 0 Å². The Hall–Kier alpha value is -1.24. The average Bonchev–Trinajstić information content (AvgIpc) is 2.26. The van der Waals surface area contributed by atoms with E-state index in [1.807, 2.05) is 38.1 Å². The molecule has 0 aliphatic heterocycles. The minimum Gasteiger partial charge on any atom is -0.359 e. The summed E-state index contributed by atoms with van der Waals surface area (Å²) in [5, 5.41) is 2.15. The van der Waals surface area contributed by atoms with Gasteiger partial charge < -0.3 is 4.98 Å². The summed E-state index contributed by atoms with van der Waals surface area (Å²) < 4.78 is 0. The minimum absolute atomic E-state index is 1.06. The van der Waals surface area contributed by atoms with Crippen LogP contribution in [-0.4, -0.2) is 4.98 Å². The highest BCUT2D eigenvalue weighted by Gasteiger charge is 1.85. The Balaban J connectivity index is 3.23. The van der Waals surface area contributed by atoms with E-state index in [9.17, 15) is 0 Å². The van der Waals surface area contributed by atoms with E-state index in [-0.39, 0.29) is 0 Å². The van der Waals surface area contributed by atoms with Crippen LogP contribution < -0.4 is 10.6 Å². The second kappa shape index (κ2) is 3.24. The van der Waals surface area contributed by atoms with Crippen molar-refractivity contribution in [2.75, 3.05) is 0 Å². The minimum atomic E-state index is 1.06. The molecule has 1 heteroatoms. The van der Waals surface area contributed by atoms with Crippen molar-refractivity contribution in [2.45, 2.75) is 13.8 Å². The lowest BCUT2D eigenvalue weighted by Gasteiger charge is -1.76. The molecule has 0 fully saturated rings. The van der Waals surface area contributed by atoms with Gasteiger partial charge in [-0.1, -0.05) is 18.7 Å². The molecule has 0 radical (unpaired) electrons. The highest BCUT2D eigenvalue weighted by Crippen LogP contribution is 1.78. The van der Waals surface area contributed by atoms with Crippen LogP contribution in [0.5, 0.6) is 0 Å². The largest absolute Gasteiger partial charge is 0.359 e. The molecular formula is C10H13N. The zero-order chi connectivity index (χ0) is 8.27. The fraction of sp³-hybridized carbons (Fsp3) is 0.200. The Morgan fingerprint density at radius 3 is 2.73 bits per heavy atom. The molecule has 1 N–H and O–H groups in total. The summed E-state index contributed by atoms with van der Waals surface area (Å²) in [7, 11) is 0. The topological polar surface area (TPSA) is 15.8 Å². The van der Waals surface area contributed by atoms with Gasteiger partial charge in [-0.25, -0.2) is 0 Å². The van der Waals surface area contributed by atoms with E-state index in [2.05, 4.69) is 11.6 Å². The molecule has 58 valence electrons. The van der Waals surface area contributed by atoms with Crippen molar-refractivity contribution in [3.05, 3.63) is 34.5 Å². The van der Waals surface area contributed by atoms with Crippen LogP contribution in [0, 0.1) is 6.92 Å². The first-order valence-corrected chi connectivity index (χ1v) is 3.71. The SMILES string of the molecule is C=c1cc(C)[nH]/c1=C/C=C\C. The van der Waals surface area contributed by atoms with Gasteiger partial charge in [-0.2, -0.15) is 0 Å². The predicted octanol–water partition coefficient (Wildman–Crippen LogP) is 1.09. The van der Waals surface area contributed by atoms with Crippen molar-refractivity contribution in [3.8, 4) is 0 Å². The summed E-state index contributed by atoms with van der Waals surface area (Å²) in [5.74, 6) is 0. The molecule has 0 spiro atoms. The van der Waals surface area contributed by atoms with Crippen molar-refractivity contribution in [2.24, 2.45) is 0 Å². The van der Waals surface area contributed by atoms with Crippen molar-refractivity contribution < 1.29 is 0 Å². The van der Waals surface area contributed by atoms with E-state index in [1.165, 1.54) is 0 Å². The lowest BCUT2D eigenvalue weighted by molar-refractivity contribution is 1.22. The quantitative estimate of drug-likeness (QED) is 0.612. The van der Waals surface area contributed by atoms with E-state index < -0.39 is 0 Å². The van der Waals surface area contributed by atoms with Crippen molar-refractivity contribution in [1.82, 2.24) is 4.98 Å². The maximum Gasteiger partial charge on any atom is 0.0449 e. The Morgan fingerprint density at radius 1 is 1.55 bits per heavy atom. The Kier molecular flexibility index (Phi) is 2.32. The summed E-state index contributed by atoms with van der Waals surface area (Å²) >= 11 is 0. The number of rotatable bonds is 1. The number of allylic oxidation sites excluding steroid dienone is 2. The molecule has 0 atom stereocenters. The number of hydrogen-bond acceptors (Lipinski definition) is 0. The van der Waals surface area contributed by atoms with E-state index in [1.54, 1.807) is 0 Å². The first-order chi connectivity index (χ1) is 5.24. The second-order valence-corrected chi connectivity index (χ2v) is 2.58. The van der Waals surface area contributed by atoms with Crippen LogP contribution in [0.25, 0.3) is 12.7 Å². The van der Waals surface area contributed by atoms with Crippen LogP contribution in [0.2, 0.25) is 0 Å². The van der Waals surface area contributed by atoms with Crippen molar-refractivity contribution in [3.63, 3.8) is 0 Å². The van der Waals surface area contributed by atoms with E-state index in [4.69, 9.17) is 0 Å². The molecule has 0 amide bonds. The van der Waals surface area contributed by atoms with Crippen LogP contribution in [-0.2, 0) is 0 Å². The molecule has 1 rings (SSSR count). The maximum atomic E-state index is 3.90. The number of nitrogens with one attached hydrogen (secondary N) is 1. The van der Waals surface area contributed by atoms with Gasteiger partial charge >= 0.3 is 0 Å². The van der Waals surface area contributed by atoms with Crippen LogP contribution in [0.4, 0.5) is 0 Å². The van der Waals surface area contributed by atoms with Gasteiger partial charge in [0.25, 0.3) is 0 Å². The van der Waals surface area contributed by atoms with E-state index in [0.29, 0.717) is 0 Å². The third kappa shape index (κ3) is 1.84. The highest BCUT2D eigenvalue weighted by molar-refractivity contribution is 5.35. The summed E-state index contributed by atoms with van der Waals surface area (Å²) in [6, 6.07) is 2.04. The average molecular weight is 147 g/mol. The molecule has 0 saturated carbocycles. The zero-order valence-electron chi connectivity index (χ0n) is 7.02. The highest BCUT2D eigenvalue weighted by atomic mass is 14.7. The number of H-pyrrole nitrogens is 1. The standard InChI is InChI=1S/C10H13N/c1-4-5-6-10-8(2)7-9(3)11-10/h4-7,11H,2H2,1,3H3/b5-4-,10-6+. The van der Waals surface area contributed by atoms with Gasteiger partial charge in [-0.15, -0.1) is 0 Å². The number of aryl methyl sites for hydroxylation is 1. The molecule has 1 aromatic rings. The molecule has 1 nitrogen and oxygen atoms in total. The van der Waals surface area contributed by atoms with Crippen LogP contribution >= 0.6 is 0 Å². The Bertz CT molecular complexity index is 355. The van der Waals surface area contributed by atoms with Gasteiger partial charge in [0.15, 0.2) is 0 Å². The van der Waals surface area contributed by atoms with E-state index >= 15 is 0 Å². The summed E-state index contributed by atoms with van der Waals surface area (Å²) in [6.07, 6.45) is 6.02. The molecule has 0 unspecified atom stereocenters. The smallest absolute Gasteiger partial charge is 0.0449 e. The van der Waals surface area contributed by atoms with Crippen LogP contribution in [0.3, 0.4) is 0 Å². The number of hydrogen-bond donors (Lipinski definition) is 1. The van der Waals surface area contributed by atoms with Gasteiger partial charge in [-0.3, -0.25) is 0 Å². The molecule has 1 heterocycles.